The van der Waals surface area contributed by atoms with Gasteiger partial charge < -0.3 is 15.8 Å². The maximum Gasteiger partial charge on any atom is 0.149 e. The van der Waals surface area contributed by atoms with Crippen molar-refractivity contribution in [2.24, 2.45) is 0 Å². The molecule has 1 aliphatic heterocycles. The van der Waals surface area contributed by atoms with Gasteiger partial charge in [0.15, 0.2) is 0 Å². The third-order valence-electron chi connectivity index (χ3n) is 4.33. The largest absolute Gasteiger partial charge is 0.396 e. The highest BCUT2D eigenvalue weighted by Crippen LogP contribution is 2.33. The lowest BCUT2D eigenvalue weighted by Gasteiger charge is -2.40. The molecular formula is C15H25N3O. The molecule has 3 N–H and O–H groups in total. The van der Waals surface area contributed by atoms with Crippen LogP contribution < -0.4 is 11.1 Å². The molecule has 1 aromatic rings. The minimum absolute atomic E-state index is 0.0223. The van der Waals surface area contributed by atoms with Gasteiger partial charge in [0.1, 0.15) is 5.82 Å². The minimum atomic E-state index is 0.0223. The average Bonchev–Trinajstić information content (AvgIpc) is 2.44. The zero-order valence-corrected chi connectivity index (χ0v) is 12.2. The van der Waals surface area contributed by atoms with Crippen LogP contribution >= 0.6 is 0 Å². The Balaban J connectivity index is 2.09. The zero-order valence-electron chi connectivity index (χ0n) is 12.2. The Morgan fingerprint density at radius 1 is 1.47 bits per heavy atom. The zero-order chi connectivity index (χ0) is 13.9. The summed E-state index contributed by atoms with van der Waals surface area (Å²) >= 11 is 0. The molecule has 1 saturated heterocycles. The van der Waals surface area contributed by atoms with E-state index in [-0.39, 0.29) is 5.60 Å². The number of anilines is 2. The maximum absolute atomic E-state index is 6.08. The Kier molecular flexibility index (Phi) is 4.30. The van der Waals surface area contributed by atoms with Crippen LogP contribution in [-0.2, 0) is 4.74 Å². The first-order chi connectivity index (χ1) is 9.10. The standard InChI is InChI=1S/C15H25N3O/c1-4-15(5-2)10-12(7-9-19-15)18-14-13(16)11(3)6-8-17-14/h6,8,12H,4-5,7,9-10,16H2,1-3H3,(H,17,18). The highest BCUT2D eigenvalue weighted by Gasteiger charge is 2.34. The third kappa shape index (κ3) is 3.00. The number of rotatable bonds is 4. The first-order valence-electron chi connectivity index (χ1n) is 7.22. The molecule has 0 amide bonds. The van der Waals surface area contributed by atoms with E-state index in [0.717, 1.165) is 49.4 Å². The number of aromatic nitrogens is 1. The Morgan fingerprint density at radius 2 is 2.21 bits per heavy atom. The molecule has 1 aliphatic rings. The fraction of sp³-hybridized carbons (Fsp3) is 0.667. The van der Waals surface area contributed by atoms with Crippen LogP contribution in [0.25, 0.3) is 0 Å². The normalized spacial score (nSPS) is 22.2. The van der Waals surface area contributed by atoms with Gasteiger partial charge in [-0.3, -0.25) is 0 Å². The number of hydrogen-bond donors (Lipinski definition) is 2. The lowest BCUT2D eigenvalue weighted by Crippen LogP contribution is -2.43. The maximum atomic E-state index is 6.08. The van der Waals surface area contributed by atoms with Crippen molar-refractivity contribution in [3.05, 3.63) is 17.8 Å². The summed E-state index contributed by atoms with van der Waals surface area (Å²) in [6.07, 6.45) is 5.95. The predicted octanol–water partition coefficient (Wildman–Crippen LogP) is 3.12. The van der Waals surface area contributed by atoms with Gasteiger partial charge >= 0.3 is 0 Å². The minimum Gasteiger partial charge on any atom is -0.396 e. The first kappa shape index (κ1) is 14.1. The molecule has 1 atom stereocenters. The summed E-state index contributed by atoms with van der Waals surface area (Å²) in [6, 6.07) is 2.33. The molecule has 2 heterocycles. The van der Waals surface area contributed by atoms with Crippen LogP contribution in [0.5, 0.6) is 0 Å². The van der Waals surface area contributed by atoms with Crippen LogP contribution in [0.4, 0.5) is 11.5 Å². The molecule has 1 aromatic heterocycles. The number of nitrogens with one attached hydrogen (secondary N) is 1. The number of ether oxygens (including phenoxy) is 1. The van der Waals surface area contributed by atoms with E-state index < -0.39 is 0 Å². The monoisotopic (exact) mass is 263 g/mol. The second-order valence-electron chi connectivity index (χ2n) is 5.46. The molecule has 0 aliphatic carbocycles. The van der Waals surface area contributed by atoms with Gasteiger partial charge in [-0.15, -0.1) is 0 Å². The molecule has 4 heteroatoms. The van der Waals surface area contributed by atoms with E-state index in [0.29, 0.717) is 6.04 Å². The number of pyridine rings is 1. The van der Waals surface area contributed by atoms with Crippen molar-refractivity contribution in [2.75, 3.05) is 17.7 Å². The third-order valence-corrected chi connectivity index (χ3v) is 4.33. The van der Waals surface area contributed by atoms with E-state index >= 15 is 0 Å². The van der Waals surface area contributed by atoms with Crippen molar-refractivity contribution < 1.29 is 4.74 Å². The molecule has 106 valence electrons. The highest BCUT2D eigenvalue weighted by atomic mass is 16.5. The molecule has 2 rings (SSSR count). The van der Waals surface area contributed by atoms with Crippen LogP contribution in [0, 0.1) is 6.92 Å². The van der Waals surface area contributed by atoms with Gasteiger partial charge in [-0.1, -0.05) is 13.8 Å². The molecule has 1 unspecified atom stereocenters. The van der Waals surface area contributed by atoms with Gasteiger partial charge in [0, 0.05) is 18.8 Å². The summed E-state index contributed by atoms with van der Waals surface area (Å²) in [4.78, 5) is 4.36. The molecule has 0 radical (unpaired) electrons. The van der Waals surface area contributed by atoms with Crippen LogP contribution in [0.1, 0.15) is 45.1 Å². The number of nitrogens with zero attached hydrogens (tertiary/aromatic N) is 1. The van der Waals surface area contributed by atoms with E-state index in [4.69, 9.17) is 10.5 Å². The second kappa shape index (κ2) is 5.78. The summed E-state index contributed by atoms with van der Waals surface area (Å²) in [7, 11) is 0. The topological polar surface area (TPSA) is 60.2 Å². The molecule has 0 spiro atoms. The van der Waals surface area contributed by atoms with Crippen molar-refractivity contribution in [3.63, 3.8) is 0 Å². The van der Waals surface area contributed by atoms with E-state index in [1.807, 2.05) is 13.0 Å². The van der Waals surface area contributed by atoms with Crippen molar-refractivity contribution in [1.82, 2.24) is 4.98 Å². The summed E-state index contributed by atoms with van der Waals surface area (Å²) in [6.45, 7) is 7.22. The van der Waals surface area contributed by atoms with E-state index in [9.17, 15) is 0 Å². The van der Waals surface area contributed by atoms with Crippen LogP contribution in [0.2, 0.25) is 0 Å². The summed E-state index contributed by atoms with van der Waals surface area (Å²) < 4.78 is 5.99. The Labute approximate surface area is 115 Å². The van der Waals surface area contributed by atoms with Gasteiger partial charge in [-0.05, 0) is 44.2 Å². The van der Waals surface area contributed by atoms with Crippen molar-refractivity contribution in [3.8, 4) is 0 Å². The summed E-state index contributed by atoms with van der Waals surface area (Å²) in [5.74, 6) is 0.813. The quantitative estimate of drug-likeness (QED) is 0.876. The second-order valence-corrected chi connectivity index (χ2v) is 5.46. The SMILES string of the molecule is CCC1(CC)CC(Nc2nccc(C)c2N)CCO1. The number of aryl methyl sites for hydroxylation is 1. The predicted molar refractivity (Wildman–Crippen MR) is 79.3 cm³/mol. The van der Waals surface area contributed by atoms with Gasteiger partial charge in [-0.25, -0.2) is 4.98 Å². The summed E-state index contributed by atoms with van der Waals surface area (Å²) in [5.41, 5.74) is 7.93. The van der Waals surface area contributed by atoms with E-state index in [1.54, 1.807) is 6.20 Å². The molecule has 19 heavy (non-hydrogen) atoms. The fourth-order valence-corrected chi connectivity index (χ4v) is 2.77. The first-order valence-corrected chi connectivity index (χ1v) is 7.22. The van der Waals surface area contributed by atoms with Crippen LogP contribution in [0.3, 0.4) is 0 Å². The molecule has 0 bridgehead atoms. The average molecular weight is 263 g/mol. The van der Waals surface area contributed by atoms with Gasteiger partial charge in [0.05, 0.1) is 11.3 Å². The Bertz CT molecular complexity index is 429. The lowest BCUT2D eigenvalue weighted by molar-refractivity contribution is -0.0864. The van der Waals surface area contributed by atoms with Gasteiger partial charge in [0.2, 0.25) is 0 Å². The lowest BCUT2D eigenvalue weighted by atomic mass is 9.86. The van der Waals surface area contributed by atoms with E-state index in [2.05, 4.69) is 24.1 Å². The van der Waals surface area contributed by atoms with Crippen molar-refractivity contribution in [1.29, 1.82) is 0 Å². The number of hydrogen-bond acceptors (Lipinski definition) is 4. The fourth-order valence-electron chi connectivity index (χ4n) is 2.77. The van der Waals surface area contributed by atoms with Crippen LogP contribution in [0.15, 0.2) is 12.3 Å². The molecule has 4 nitrogen and oxygen atoms in total. The van der Waals surface area contributed by atoms with Gasteiger partial charge in [0.25, 0.3) is 0 Å². The Morgan fingerprint density at radius 3 is 2.89 bits per heavy atom. The number of nitrogens with two attached hydrogens (primary N) is 1. The van der Waals surface area contributed by atoms with Crippen molar-refractivity contribution in [2.45, 2.75) is 58.1 Å². The number of nitrogen functional groups attached to an aromatic ring is 1. The highest BCUT2D eigenvalue weighted by molar-refractivity contribution is 5.65. The Hall–Kier alpha value is -1.29. The molecule has 1 fully saturated rings. The van der Waals surface area contributed by atoms with Crippen LogP contribution in [-0.4, -0.2) is 23.2 Å². The molecular weight excluding hydrogens is 238 g/mol. The molecule has 0 aromatic carbocycles. The van der Waals surface area contributed by atoms with Crippen molar-refractivity contribution >= 4 is 11.5 Å². The summed E-state index contributed by atoms with van der Waals surface area (Å²) in [5, 5.41) is 3.50. The smallest absolute Gasteiger partial charge is 0.149 e. The molecule has 0 saturated carbocycles. The van der Waals surface area contributed by atoms with Gasteiger partial charge in [-0.2, -0.15) is 0 Å². The van der Waals surface area contributed by atoms with E-state index in [1.165, 1.54) is 0 Å².